The zero-order valence-corrected chi connectivity index (χ0v) is 14.2. The summed E-state index contributed by atoms with van der Waals surface area (Å²) >= 11 is 0. The van der Waals surface area contributed by atoms with Gasteiger partial charge in [-0.15, -0.1) is 0 Å². The van der Waals surface area contributed by atoms with Crippen molar-refractivity contribution in [2.45, 2.75) is 41.5 Å². The summed E-state index contributed by atoms with van der Waals surface area (Å²) in [5.41, 5.74) is 2.38. The fraction of sp³-hybridized carbons (Fsp3) is 0.647. The van der Waals surface area contributed by atoms with Crippen molar-refractivity contribution in [2.75, 3.05) is 18.4 Å². The highest BCUT2D eigenvalue weighted by Gasteiger charge is 2.19. The van der Waals surface area contributed by atoms with Gasteiger partial charge in [-0.2, -0.15) is 0 Å². The number of rotatable bonds is 7. The Morgan fingerprint density at radius 2 is 1.86 bits per heavy atom. The van der Waals surface area contributed by atoms with Gasteiger partial charge >= 0.3 is 0 Å². The van der Waals surface area contributed by atoms with E-state index in [1.54, 1.807) is 6.20 Å². The van der Waals surface area contributed by atoms with E-state index in [-0.39, 0.29) is 5.91 Å². The number of carbonyl (C=O) groups excluding carboxylic acids is 1. The van der Waals surface area contributed by atoms with Gasteiger partial charge in [-0.05, 0) is 37.7 Å². The lowest BCUT2D eigenvalue weighted by Crippen LogP contribution is -2.34. The predicted octanol–water partition coefficient (Wildman–Crippen LogP) is 3.48. The smallest absolute Gasteiger partial charge is 0.254 e. The molecule has 118 valence electrons. The number of pyridine rings is 1. The van der Waals surface area contributed by atoms with Crippen LogP contribution in [0, 0.1) is 24.7 Å². The highest BCUT2D eigenvalue weighted by Crippen LogP contribution is 2.20. The van der Waals surface area contributed by atoms with Gasteiger partial charge in [-0.3, -0.25) is 9.78 Å². The van der Waals surface area contributed by atoms with Crippen molar-refractivity contribution < 1.29 is 4.79 Å². The summed E-state index contributed by atoms with van der Waals surface area (Å²) in [6, 6.07) is 1.92. The van der Waals surface area contributed by atoms with Gasteiger partial charge in [0.15, 0.2) is 0 Å². The van der Waals surface area contributed by atoms with Crippen LogP contribution in [0.1, 0.15) is 50.7 Å². The van der Waals surface area contributed by atoms with Crippen molar-refractivity contribution >= 4 is 11.6 Å². The second-order valence-electron chi connectivity index (χ2n) is 6.26. The Balaban J connectivity index is 2.80. The SMILES string of the molecule is CCNc1cc(C)ncc1C(=O)NCC(C(C)C)C(C)C. The summed E-state index contributed by atoms with van der Waals surface area (Å²) in [6.07, 6.45) is 1.66. The Kier molecular flexibility index (Phi) is 6.66. The van der Waals surface area contributed by atoms with E-state index in [0.29, 0.717) is 29.9 Å². The van der Waals surface area contributed by atoms with Crippen LogP contribution in [0.5, 0.6) is 0 Å². The molecule has 0 spiro atoms. The number of amides is 1. The first kappa shape index (κ1) is 17.5. The van der Waals surface area contributed by atoms with Gasteiger partial charge in [0.25, 0.3) is 5.91 Å². The van der Waals surface area contributed by atoms with Crippen LogP contribution in [0.25, 0.3) is 0 Å². The number of hydrogen-bond donors (Lipinski definition) is 2. The third-order valence-electron chi connectivity index (χ3n) is 3.86. The van der Waals surface area contributed by atoms with Crippen LogP contribution in [0.3, 0.4) is 0 Å². The molecule has 4 heteroatoms. The molecular weight excluding hydrogens is 262 g/mol. The van der Waals surface area contributed by atoms with Crippen molar-refractivity contribution in [3.8, 4) is 0 Å². The number of aryl methyl sites for hydroxylation is 1. The quantitative estimate of drug-likeness (QED) is 0.808. The van der Waals surface area contributed by atoms with Crippen molar-refractivity contribution in [1.82, 2.24) is 10.3 Å². The zero-order chi connectivity index (χ0) is 16.0. The average Bonchev–Trinajstić information content (AvgIpc) is 2.38. The molecule has 0 aliphatic carbocycles. The van der Waals surface area contributed by atoms with E-state index in [0.717, 1.165) is 17.9 Å². The van der Waals surface area contributed by atoms with Crippen molar-refractivity contribution in [2.24, 2.45) is 17.8 Å². The average molecular weight is 291 g/mol. The van der Waals surface area contributed by atoms with Crippen LogP contribution in [-0.4, -0.2) is 24.0 Å². The summed E-state index contributed by atoms with van der Waals surface area (Å²) < 4.78 is 0. The van der Waals surface area contributed by atoms with E-state index < -0.39 is 0 Å². The Bertz CT molecular complexity index is 461. The van der Waals surface area contributed by atoms with Crippen LogP contribution in [0.4, 0.5) is 5.69 Å². The van der Waals surface area contributed by atoms with Gasteiger partial charge in [0, 0.05) is 25.0 Å². The second-order valence-corrected chi connectivity index (χ2v) is 6.26. The molecule has 0 fully saturated rings. The Morgan fingerprint density at radius 3 is 2.38 bits per heavy atom. The molecule has 1 amide bonds. The molecule has 0 aromatic carbocycles. The Morgan fingerprint density at radius 1 is 1.24 bits per heavy atom. The highest BCUT2D eigenvalue weighted by molar-refractivity contribution is 5.99. The first-order valence-corrected chi connectivity index (χ1v) is 7.85. The number of nitrogens with zero attached hydrogens (tertiary/aromatic N) is 1. The predicted molar refractivity (Wildman–Crippen MR) is 88.6 cm³/mol. The molecule has 2 N–H and O–H groups in total. The molecule has 0 saturated carbocycles. The van der Waals surface area contributed by atoms with Crippen LogP contribution in [0.15, 0.2) is 12.3 Å². The molecular formula is C17H29N3O. The highest BCUT2D eigenvalue weighted by atomic mass is 16.1. The topological polar surface area (TPSA) is 54.0 Å². The van der Waals surface area contributed by atoms with Crippen LogP contribution >= 0.6 is 0 Å². The summed E-state index contributed by atoms with van der Waals surface area (Å²) in [6.45, 7) is 14.2. The minimum Gasteiger partial charge on any atom is -0.385 e. The number of anilines is 1. The summed E-state index contributed by atoms with van der Waals surface area (Å²) in [5.74, 6) is 1.53. The zero-order valence-electron chi connectivity index (χ0n) is 14.2. The molecule has 0 aliphatic rings. The van der Waals surface area contributed by atoms with E-state index in [1.165, 1.54) is 0 Å². The van der Waals surface area contributed by atoms with Crippen LogP contribution in [0.2, 0.25) is 0 Å². The number of hydrogen-bond acceptors (Lipinski definition) is 3. The van der Waals surface area contributed by atoms with Gasteiger partial charge in [0.05, 0.1) is 11.3 Å². The molecule has 0 atom stereocenters. The lowest BCUT2D eigenvalue weighted by Gasteiger charge is -2.25. The maximum Gasteiger partial charge on any atom is 0.254 e. The van der Waals surface area contributed by atoms with Gasteiger partial charge < -0.3 is 10.6 Å². The molecule has 1 heterocycles. The van der Waals surface area contributed by atoms with Gasteiger partial charge in [-0.1, -0.05) is 27.7 Å². The molecule has 0 saturated heterocycles. The molecule has 0 aliphatic heterocycles. The maximum absolute atomic E-state index is 12.4. The number of aromatic nitrogens is 1. The van der Waals surface area contributed by atoms with E-state index in [4.69, 9.17) is 0 Å². The molecule has 1 aromatic rings. The van der Waals surface area contributed by atoms with E-state index in [9.17, 15) is 4.79 Å². The summed E-state index contributed by atoms with van der Waals surface area (Å²) in [4.78, 5) is 16.6. The van der Waals surface area contributed by atoms with Crippen molar-refractivity contribution in [3.63, 3.8) is 0 Å². The molecule has 1 aromatic heterocycles. The van der Waals surface area contributed by atoms with Gasteiger partial charge in [0.1, 0.15) is 0 Å². The minimum absolute atomic E-state index is 0.0512. The van der Waals surface area contributed by atoms with E-state index in [1.807, 2.05) is 19.9 Å². The molecule has 0 radical (unpaired) electrons. The summed E-state index contributed by atoms with van der Waals surface area (Å²) in [7, 11) is 0. The molecule has 1 rings (SSSR count). The van der Waals surface area contributed by atoms with E-state index in [2.05, 4.69) is 43.3 Å². The van der Waals surface area contributed by atoms with Crippen LogP contribution in [-0.2, 0) is 0 Å². The monoisotopic (exact) mass is 291 g/mol. The first-order chi connectivity index (χ1) is 9.86. The van der Waals surface area contributed by atoms with Gasteiger partial charge in [-0.25, -0.2) is 0 Å². The lowest BCUT2D eigenvalue weighted by molar-refractivity contribution is 0.0937. The second kappa shape index (κ2) is 8.01. The Labute approximate surface area is 128 Å². The maximum atomic E-state index is 12.4. The Hall–Kier alpha value is -1.58. The number of nitrogens with one attached hydrogen (secondary N) is 2. The van der Waals surface area contributed by atoms with Gasteiger partial charge in [0.2, 0.25) is 0 Å². The number of carbonyl (C=O) groups is 1. The first-order valence-electron chi connectivity index (χ1n) is 7.85. The standard InChI is InChI=1S/C17H29N3O/c1-7-18-16-8-13(6)19-10-15(16)17(21)20-9-14(11(2)3)12(4)5/h8,10-12,14H,7,9H2,1-6H3,(H,18,19)(H,20,21). The van der Waals surface area contributed by atoms with Crippen molar-refractivity contribution in [3.05, 3.63) is 23.5 Å². The third kappa shape index (κ3) is 5.03. The fourth-order valence-electron chi connectivity index (χ4n) is 2.62. The van der Waals surface area contributed by atoms with E-state index >= 15 is 0 Å². The van der Waals surface area contributed by atoms with Crippen LogP contribution < -0.4 is 10.6 Å². The fourth-order valence-corrected chi connectivity index (χ4v) is 2.62. The largest absolute Gasteiger partial charge is 0.385 e. The summed E-state index contributed by atoms with van der Waals surface area (Å²) in [5, 5.41) is 6.29. The molecule has 0 unspecified atom stereocenters. The third-order valence-corrected chi connectivity index (χ3v) is 3.86. The minimum atomic E-state index is -0.0512. The normalized spacial score (nSPS) is 11.3. The lowest BCUT2D eigenvalue weighted by atomic mass is 9.85. The molecule has 21 heavy (non-hydrogen) atoms. The molecule has 0 bridgehead atoms. The van der Waals surface area contributed by atoms with Crippen molar-refractivity contribution in [1.29, 1.82) is 0 Å². The molecule has 4 nitrogen and oxygen atoms in total.